The summed E-state index contributed by atoms with van der Waals surface area (Å²) in [6.07, 6.45) is 0. The van der Waals surface area contributed by atoms with Crippen molar-refractivity contribution in [1.82, 2.24) is 9.78 Å². The number of anilines is 1. The third kappa shape index (κ3) is 2.64. The predicted octanol–water partition coefficient (Wildman–Crippen LogP) is 3.76. The second-order valence-electron chi connectivity index (χ2n) is 3.80. The second-order valence-corrected chi connectivity index (χ2v) is 5.04. The first-order chi connectivity index (χ1) is 8.09. The highest BCUT2D eigenvalue weighted by molar-refractivity contribution is 9.10. The fourth-order valence-electron chi connectivity index (χ4n) is 1.66. The third-order valence-corrected chi connectivity index (χ3v) is 3.76. The molecule has 5 heteroatoms. The Hall–Kier alpha value is -1.000. The number of rotatable bonds is 3. The van der Waals surface area contributed by atoms with E-state index in [0.717, 1.165) is 26.6 Å². The molecule has 0 spiro atoms. The number of hydrogen-bond acceptors (Lipinski definition) is 2. The van der Waals surface area contributed by atoms with Crippen LogP contribution in [-0.2, 0) is 13.6 Å². The van der Waals surface area contributed by atoms with E-state index in [-0.39, 0.29) is 0 Å². The van der Waals surface area contributed by atoms with Crippen molar-refractivity contribution >= 4 is 33.2 Å². The lowest BCUT2D eigenvalue weighted by Crippen LogP contribution is -2.06. The van der Waals surface area contributed by atoms with Gasteiger partial charge in [0.05, 0.1) is 23.0 Å². The molecule has 2 rings (SSSR count). The zero-order chi connectivity index (χ0) is 12.4. The SMILES string of the molecule is Cc1nn(C)c(CNc2ccccc2Br)c1Cl. The van der Waals surface area contributed by atoms with Crippen LogP contribution in [0.4, 0.5) is 5.69 Å². The van der Waals surface area contributed by atoms with Gasteiger partial charge < -0.3 is 5.32 Å². The first-order valence-electron chi connectivity index (χ1n) is 5.26. The van der Waals surface area contributed by atoms with Crippen LogP contribution in [0.5, 0.6) is 0 Å². The Balaban J connectivity index is 2.15. The van der Waals surface area contributed by atoms with Crippen LogP contribution in [0.2, 0.25) is 5.02 Å². The third-order valence-electron chi connectivity index (χ3n) is 2.58. The van der Waals surface area contributed by atoms with Gasteiger partial charge in [-0.3, -0.25) is 4.68 Å². The Kier molecular flexibility index (Phi) is 3.74. The molecular weight excluding hydrogens is 302 g/mol. The largest absolute Gasteiger partial charge is 0.378 e. The molecule has 0 amide bonds. The highest BCUT2D eigenvalue weighted by atomic mass is 79.9. The molecule has 0 aliphatic rings. The van der Waals surface area contributed by atoms with Gasteiger partial charge >= 0.3 is 0 Å². The maximum atomic E-state index is 6.19. The summed E-state index contributed by atoms with van der Waals surface area (Å²) in [5.41, 5.74) is 2.89. The van der Waals surface area contributed by atoms with Crippen molar-refractivity contribution in [3.8, 4) is 0 Å². The minimum absolute atomic E-state index is 0.652. The number of hydrogen-bond donors (Lipinski definition) is 1. The molecule has 90 valence electrons. The van der Waals surface area contributed by atoms with Gasteiger partial charge in [-0.2, -0.15) is 5.10 Å². The van der Waals surface area contributed by atoms with E-state index in [1.807, 2.05) is 42.9 Å². The first-order valence-corrected chi connectivity index (χ1v) is 6.43. The number of aromatic nitrogens is 2. The summed E-state index contributed by atoms with van der Waals surface area (Å²) < 4.78 is 2.84. The number of benzene rings is 1. The summed E-state index contributed by atoms with van der Waals surface area (Å²) >= 11 is 9.68. The average molecular weight is 315 g/mol. The van der Waals surface area contributed by atoms with Crippen LogP contribution >= 0.6 is 27.5 Å². The molecule has 1 aromatic carbocycles. The Bertz CT molecular complexity index is 537. The summed E-state index contributed by atoms with van der Waals surface area (Å²) in [4.78, 5) is 0. The van der Waals surface area contributed by atoms with Crippen LogP contribution in [0.1, 0.15) is 11.4 Å². The van der Waals surface area contributed by atoms with Crippen molar-refractivity contribution in [2.45, 2.75) is 13.5 Å². The van der Waals surface area contributed by atoms with Gasteiger partial charge in [0.2, 0.25) is 0 Å². The lowest BCUT2D eigenvalue weighted by molar-refractivity contribution is 0.713. The molecule has 1 N–H and O–H groups in total. The normalized spacial score (nSPS) is 10.6. The Morgan fingerprint density at radius 1 is 1.41 bits per heavy atom. The van der Waals surface area contributed by atoms with E-state index >= 15 is 0 Å². The molecule has 0 atom stereocenters. The molecule has 0 fully saturated rings. The number of halogens is 2. The molecule has 3 nitrogen and oxygen atoms in total. The first kappa shape index (κ1) is 12.5. The van der Waals surface area contributed by atoms with Crippen molar-refractivity contribution in [2.24, 2.45) is 7.05 Å². The Morgan fingerprint density at radius 3 is 2.71 bits per heavy atom. The minimum Gasteiger partial charge on any atom is -0.378 e. The van der Waals surface area contributed by atoms with Gasteiger partial charge in [-0.1, -0.05) is 23.7 Å². The highest BCUT2D eigenvalue weighted by Crippen LogP contribution is 2.24. The summed E-state index contributed by atoms with van der Waals surface area (Å²) in [5.74, 6) is 0. The maximum Gasteiger partial charge on any atom is 0.0865 e. The minimum atomic E-state index is 0.652. The van der Waals surface area contributed by atoms with Gasteiger partial charge in [-0.25, -0.2) is 0 Å². The van der Waals surface area contributed by atoms with Crippen molar-refractivity contribution in [2.75, 3.05) is 5.32 Å². The summed E-state index contributed by atoms with van der Waals surface area (Å²) in [6.45, 7) is 2.56. The van der Waals surface area contributed by atoms with Crippen LogP contribution in [-0.4, -0.2) is 9.78 Å². The van der Waals surface area contributed by atoms with Gasteiger partial charge in [0, 0.05) is 17.2 Å². The van der Waals surface area contributed by atoms with Crippen LogP contribution in [0.15, 0.2) is 28.7 Å². The molecule has 17 heavy (non-hydrogen) atoms. The zero-order valence-corrected chi connectivity index (χ0v) is 12.0. The number of nitrogens with one attached hydrogen (secondary N) is 1. The average Bonchev–Trinajstić information content (AvgIpc) is 2.53. The summed E-state index contributed by atoms with van der Waals surface area (Å²) in [6, 6.07) is 7.99. The molecule has 0 saturated heterocycles. The smallest absolute Gasteiger partial charge is 0.0865 e. The predicted molar refractivity (Wildman–Crippen MR) is 74.4 cm³/mol. The van der Waals surface area contributed by atoms with Crippen molar-refractivity contribution < 1.29 is 0 Å². The van der Waals surface area contributed by atoms with Gasteiger partial charge in [0.15, 0.2) is 0 Å². The molecule has 1 aromatic heterocycles. The topological polar surface area (TPSA) is 29.9 Å². The van der Waals surface area contributed by atoms with Crippen LogP contribution in [0.25, 0.3) is 0 Å². The molecule has 0 saturated carbocycles. The fraction of sp³-hybridized carbons (Fsp3) is 0.250. The van der Waals surface area contributed by atoms with E-state index in [9.17, 15) is 0 Å². The van der Waals surface area contributed by atoms with E-state index in [0.29, 0.717) is 6.54 Å². The van der Waals surface area contributed by atoms with Gasteiger partial charge in [-0.15, -0.1) is 0 Å². The van der Waals surface area contributed by atoms with E-state index in [1.165, 1.54) is 0 Å². The van der Waals surface area contributed by atoms with Crippen LogP contribution in [0.3, 0.4) is 0 Å². The van der Waals surface area contributed by atoms with E-state index in [1.54, 1.807) is 0 Å². The van der Waals surface area contributed by atoms with Crippen molar-refractivity contribution in [1.29, 1.82) is 0 Å². The quantitative estimate of drug-likeness (QED) is 0.935. The number of nitrogens with zero attached hydrogens (tertiary/aromatic N) is 2. The van der Waals surface area contributed by atoms with E-state index in [4.69, 9.17) is 11.6 Å². The molecular formula is C12H13BrClN3. The van der Waals surface area contributed by atoms with Crippen LogP contribution in [0, 0.1) is 6.92 Å². The lowest BCUT2D eigenvalue weighted by atomic mass is 10.3. The van der Waals surface area contributed by atoms with Crippen molar-refractivity contribution in [3.63, 3.8) is 0 Å². The van der Waals surface area contributed by atoms with E-state index in [2.05, 4.69) is 26.3 Å². The molecule has 1 heterocycles. The van der Waals surface area contributed by atoms with Gasteiger partial charge in [0.1, 0.15) is 0 Å². The molecule has 0 unspecified atom stereocenters. The molecule has 0 aliphatic heterocycles. The Labute approximate surface area is 114 Å². The van der Waals surface area contributed by atoms with Gasteiger partial charge in [0.25, 0.3) is 0 Å². The number of aryl methyl sites for hydroxylation is 2. The van der Waals surface area contributed by atoms with E-state index < -0.39 is 0 Å². The summed E-state index contributed by atoms with van der Waals surface area (Å²) in [7, 11) is 1.90. The monoisotopic (exact) mass is 313 g/mol. The fourth-order valence-corrected chi connectivity index (χ4v) is 2.31. The van der Waals surface area contributed by atoms with Crippen molar-refractivity contribution in [3.05, 3.63) is 45.1 Å². The summed E-state index contributed by atoms with van der Waals surface area (Å²) in [5, 5.41) is 8.34. The van der Waals surface area contributed by atoms with Crippen LogP contribution < -0.4 is 5.32 Å². The maximum absolute atomic E-state index is 6.19. The molecule has 2 aromatic rings. The molecule has 0 bridgehead atoms. The number of para-hydroxylation sites is 1. The zero-order valence-electron chi connectivity index (χ0n) is 9.67. The standard InChI is InChI=1S/C12H13BrClN3/c1-8-12(14)11(17(2)16-8)7-15-10-6-4-3-5-9(10)13/h3-6,15H,7H2,1-2H3. The van der Waals surface area contributed by atoms with Gasteiger partial charge in [-0.05, 0) is 35.0 Å². The molecule has 0 radical (unpaired) electrons. The Morgan fingerprint density at radius 2 is 2.12 bits per heavy atom. The highest BCUT2D eigenvalue weighted by Gasteiger charge is 2.10. The molecule has 0 aliphatic carbocycles. The lowest BCUT2D eigenvalue weighted by Gasteiger charge is -2.08. The second kappa shape index (κ2) is 5.10.